The van der Waals surface area contributed by atoms with E-state index in [2.05, 4.69) is 44.8 Å². The average Bonchev–Trinajstić information content (AvgIpc) is 2.78. The fourth-order valence-electron chi connectivity index (χ4n) is 2.22. The summed E-state index contributed by atoms with van der Waals surface area (Å²) in [4.78, 5) is 8.59. The molecule has 0 spiro atoms. The highest BCUT2D eigenvalue weighted by atomic mass is 32.1. The average molecular weight is 283 g/mol. The minimum atomic E-state index is 0.430. The highest BCUT2D eigenvalue weighted by molar-refractivity contribution is 7.11. The van der Waals surface area contributed by atoms with Crippen LogP contribution in [0.2, 0.25) is 0 Å². The summed E-state index contributed by atoms with van der Waals surface area (Å²) < 4.78 is 0. The van der Waals surface area contributed by atoms with E-state index >= 15 is 0 Å². The van der Waals surface area contributed by atoms with Gasteiger partial charge in [-0.2, -0.15) is 0 Å². The van der Waals surface area contributed by atoms with Gasteiger partial charge in [-0.25, -0.2) is 4.98 Å². The van der Waals surface area contributed by atoms with Crippen LogP contribution in [0.25, 0.3) is 0 Å². The number of thiazole rings is 1. The van der Waals surface area contributed by atoms with E-state index in [4.69, 9.17) is 4.98 Å². The van der Waals surface area contributed by atoms with Crippen molar-refractivity contribution in [2.24, 2.45) is 0 Å². The van der Waals surface area contributed by atoms with Gasteiger partial charge in [0.1, 0.15) is 0 Å². The Kier molecular flexibility index (Phi) is 7.57. The Morgan fingerprint density at radius 1 is 1.26 bits per heavy atom. The lowest BCUT2D eigenvalue weighted by molar-refractivity contribution is 0.308. The van der Waals surface area contributed by atoms with Crippen molar-refractivity contribution in [1.29, 1.82) is 0 Å². The predicted molar refractivity (Wildman–Crippen MR) is 85.1 cm³/mol. The Labute approximate surface area is 122 Å². The highest BCUT2D eigenvalue weighted by Crippen LogP contribution is 2.25. The zero-order chi connectivity index (χ0) is 14.3. The molecule has 0 bridgehead atoms. The van der Waals surface area contributed by atoms with E-state index in [1.807, 2.05) is 11.3 Å². The van der Waals surface area contributed by atoms with Crippen LogP contribution in [0.5, 0.6) is 0 Å². The van der Waals surface area contributed by atoms with Crippen LogP contribution in [0.4, 0.5) is 0 Å². The topological polar surface area (TPSA) is 28.2 Å². The van der Waals surface area contributed by atoms with Gasteiger partial charge in [-0.15, -0.1) is 11.3 Å². The maximum atomic E-state index is 4.73. The summed E-state index contributed by atoms with van der Waals surface area (Å²) in [5.74, 6) is 0. The van der Waals surface area contributed by atoms with Crippen molar-refractivity contribution in [2.75, 3.05) is 26.2 Å². The van der Waals surface area contributed by atoms with Crippen LogP contribution < -0.4 is 5.32 Å². The Bertz CT molecular complexity index is 358. The summed E-state index contributed by atoms with van der Waals surface area (Å²) in [5.41, 5.74) is 1.20. The number of nitrogens with one attached hydrogen (secondary N) is 1. The lowest BCUT2D eigenvalue weighted by atomic mass is 10.2. The summed E-state index contributed by atoms with van der Waals surface area (Å²) >= 11 is 1.88. The van der Waals surface area contributed by atoms with Gasteiger partial charge in [0.25, 0.3) is 0 Å². The molecule has 1 unspecified atom stereocenters. The SMILES string of the molecule is CCCNC(C)c1sc(CCN(CC)CC)nc1C. The molecule has 1 aromatic rings. The van der Waals surface area contributed by atoms with Gasteiger partial charge in [0.2, 0.25) is 0 Å². The van der Waals surface area contributed by atoms with Gasteiger partial charge in [0, 0.05) is 23.9 Å². The molecule has 0 aliphatic heterocycles. The van der Waals surface area contributed by atoms with Gasteiger partial charge in [0.15, 0.2) is 0 Å². The number of rotatable bonds is 9. The third-order valence-electron chi connectivity index (χ3n) is 3.51. The maximum Gasteiger partial charge on any atom is 0.0944 e. The van der Waals surface area contributed by atoms with Crippen LogP contribution in [0.15, 0.2) is 0 Å². The third-order valence-corrected chi connectivity index (χ3v) is 4.91. The third kappa shape index (κ3) is 5.21. The molecule has 0 radical (unpaired) electrons. The molecule has 0 aliphatic carbocycles. The fourth-order valence-corrected chi connectivity index (χ4v) is 3.30. The molecule has 1 atom stereocenters. The van der Waals surface area contributed by atoms with Gasteiger partial charge in [0.05, 0.1) is 10.7 Å². The lowest BCUT2D eigenvalue weighted by Crippen LogP contribution is -2.25. The summed E-state index contributed by atoms with van der Waals surface area (Å²) in [7, 11) is 0. The second-order valence-electron chi connectivity index (χ2n) is 5.01. The van der Waals surface area contributed by atoms with Crippen molar-refractivity contribution >= 4 is 11.3 Å². The number of hydrogen-bond acceptors (Lipinski definition) is 4. The van der Waals surface area contributed by atoms with Crippen LogP contribution >= 0.6 is 11.3 Å². The Balaban J connectivity index is 2.58. The van der Waals surface area contributed by atoms with Gasteiger partial charge in [-0.1, -0.05) is 20.8 Å². The first-order valence-electron chi connectivity index (χ1n) is 7.54. The molecule has 19 heavy (non-hydrogen) atoms. The van der Waals surface area contributed by atoms with Crippen molar-refractivity contribution in [1.82, 2.24) is 15.2 Å². The zero-order valence-electron chi connectivity index (χ0n) is 13.1. The largest absolute Gasteiger partial charge is 0.309 e. The van der Waals surface area contributed by atoms with Crippen LogP contribution in [0.1, 0.15) is 55.7 Å². The summed E-state index contributed by atoms with van der Waals surface area (Å²) in [5, 5.41) is 4.83. The van der Waals surface area contributed by atoms with E-state index in [1.165, 1.54) is 22.0 Å². The highest BCUT2D eigenvalue weighted by Gasteiger charge is 2.14. The van der Waals surface area contributed by atoms with Crippen molar-refractivity contribution in [3.05, 3.63) is 15.6 Å². The number of aryl methyl sites for hydroxylation is 1. The van der Waals surface area contributed by atoms with Gasteiger partial charge >= 0.3 is 0 Å². The molecular weight excluding hydrogens is 254 g/mol. The molecule has 0 fully saturated rings. The number of hydrogen-bond donors (Lipinski definition) is 1. The van der Waals surface area contributed by atoms with E-state index in [0.29, 0.717) is 6.04 Å². The molecular formula is C15H29N3S. The monoisotopic (exact) mass is 283 g/mol. The number of nitrogens with zero attached hydrogens (tertiary/aromatic N) is 2. The number of likely N-dealkylation sites (N-methyl/N-ethyl adjacent to an activating group) is 1. The lowest BCUT2D eigenvalue weighted by Gasteiger charge is -2.16. The summed E-state index contributed by atoms with van der Waals surface area (Å²) in [6.45, 7) is 15.5. The smallest absolute Gasteiger partial charge is 0.0944 e. The minimum absolute atomic E-state index is 0.430. The molecule has 1 heterocycles. The molecule has 1 aromatic heterocycles. The van der Waals surface area contributed by atoms with E-state index in [-0.39, 0.29) is 0 Å². The van der Waals surface area contributed by atoms with Crippen molar-refractivity contribution in [2.45, 2.75) is 53.5 Å². The second-order valence-corrected chi connectivity index (χ2v) is 6.13. The number of aromatic nitrogens is 1. The van der Waals surface area contributed by atoms with E-state index in [9.17, 15) is 0 Å². The summed E-state index contributed by atoms with van der Waals surface area (Å²) in [6, 6.07) is 0.430. The first-order chi connectivity index (χ1) is 9.12. The zero-order valence-corrected chi connectivity index (χ0v) is 13.9. The van der Waals surface area contributed by atoms with E-state index in [1.54, 1.807) is 0 Å². The van der Waals surface area contributed by atoms with E-state index < -0.39 is 0 Å². The van der Waals surface area contributed by atoms with Gasteiger partial charge in [-0.3, -0.25) is 0 Å². The van der Waals surface area contributed by atoms with Crippen molar-refractivity contribution in [3.8, 4) is 0 Å². The predicted octanol–water partition coefficient (Wildman–Crippen LogP) is 3.40. The Morgan fingerprint density at radius 2 is 1.95 bits per heavy atom. The first kappa shape index (κ1) is 16.6. The van der Waals surface area contributed by atoms with Crippen LogP contribution in [-0.2, 0) is 6.42 Å². The fraction of sp³-hybridized carbons (Fsp3) is 0.800. The normalized spacial score (nSPS) is 13.2. The molecule has 110 valence electrons. The van der Waals surface area contributed by atoms with Crippen molar-refractivity contribution < 1.29 is 0 Å². The molecule has 4 heteroatoms. The molecule has 0 aliphatic rings. The molecule has 0 amide bonds. The van der Waals surface area contributed by atoms with Gasteiger partial charge in [-0.05, 0) is 39.9 Å². The summed E-state index contributed by atoms with van der Waals surface area (Å²) in [6.07, 6.45) is 2.25. The molecule has 0 saturated carbocycles. The van der Waals surface area contributed by atoms with Crippen LogP contribution in [0, 0.1) is 6.92 Å². The molecule has 1 rings (SSSR count). The Morgan fingerprint density at radius 3 is 2.53 bits per heavy atom. The quantitative estimate of drug-likeness (QED) is 0.753. The minimum Gasteiger partial charge on any atom is -0.309 e. The van der Waals surface area contributed by atoms with Gasteiger partial charge < -0.3 is 10.2 Å². The first-order valence-corrected chi connectivity index (χ1v) is 8.35. The molecule has 3 nitrogen and oxygen atoms in total. The maximum absolute atomic E-state index is 4.73. The van der Waals surface area contributed by atoms with Crippen LogP contribution in [-0.4, -0.2) is 36.1 Å². The molecule has 1 N–H and O–H groups in total. The van der Waals surface area contributed by atoms with Crippen molar-refractivity contribution in [3.63, 3.8) is 0 Å². The second kappa shape index (κ2) is 8.67. The van der Waals surface area contributed by atoms with E-state index in [0.717, 1.165) is 32.6 Å². The molecule has 0 saturated heterocycles. The van der Waals surface area contributed by atoms with Crippen LogP contribution in [0.3, 0.4) is 0 Å². The Hall–Kier alpha value is -0.450. The molecule has 0 aromatic carbocycles. The standard InChI is InChI=1S/C15H29N3S/c1-6-10-16-12(4)15-13(5)17-14(19-15)9-11-18(7-2)8-3/h12,16H,6-11H2,1-5H3.